The summed E-state index contributed by atoms with van der Waals surface area (Å²) in [5.41, 5.74) is 2.77. The summed E-state index contributed by atoms with van der Waals surface area (Å²) < 4.78 is 5.64. The topological polar surface area (TPSA) is 51.2 Å². The van der Waals surface area contributed by atoms with Crippen LogP contribution in [-0.4, -0.2) is 17.5 Å². The van der Waals surface area contributed by atoms with Gasteiger partial charge in [0.05, 0.1) is 11.7 Å². The number of hydrogen-bond donors (Lipinski definition) is 1. The van der Waals surface area contributed by atoms with Crippen LogP contribution in [0.25, 0.3) is 0 Å². The second-order valence-electron chi connectivity index (χ2n) is 5.72. The van der Waals surface area contributed by atoms with E-state index >= 15 is 0 Å². The number of benzene rings is 2. The van der Waals surface area contributed by atoms with Gasteiger partial charge in [0.1, 0.15) is 5.75 Å². The lowest BCUT2D eigenvalue weighted by Gasteiger charge is -2.19. The maximum Gasteiger partial charge on any atom is 0.258 e. The summed E-state index contributed by atoms with van der Waals surface area (Å²) in [5, 5.41) is 3.01. The van der Waals surface area contributed by atoms with Gasteiger partial charge in [0.2, 0.25) is 0 Å². The number of aryl methyl sites for hydroxylation is 1. The number of pyridine rings is 1. The smallest absolute Gasteiger partial charge is 0.258 e. The van der Waals surface area contributed by atoms with Crippen LogP contribution in [0, 0.1) is 6.92 Å². The maximum absolute atomic E-state index is 12.4. The van der Waals surface area contributed by atoms with E-state index in [0.29, 0.717) is 5.75 Å². The fourth-order valence-corrected chi connectivity index (χ4v) is 2.58. The minimum absolute atomic E-state index is 0.0407. The molecule has 0 aliphatic heterocycles. The molecule has 0 saturated carbocycles. The third-order valence-electron chi connectivity index (χ3n) is 3.87. The van der Waals surface area contributed by atoms with Gasteiger partial charge in [-0.3, -0.25) is 9.78 Å². The van der Waals surface area contributed by atoms with Crippen molar-refractivity contribution in [2.45, 2.75) is 13.0 Å². The molecule has 1 atom stereocenters. The fraction of sp³-hybridized carbons (Fsp3) is 0.143. The van der Waals surface area contributed by atoms with Crippen molar-refractivity contribution in [2.24, 2.45) is 0 Å². The lowest BCUT2D eigenvalue weighted by atomic mass is 10.0. The van der Waals surface area contributed by atoms with E-state index in [4.69, 9.17) is 4.74 Å². The van der Waals surface area contributed by atoms with Crippen molar-refractivity contribution in [1.29, 1.82) is 0 Å². The number of aromatic nitrogens is 1. The van der Waals surface area contributed by atoms with Crippen LogP contribution in [0.3, 0.4) is 0 Å². The predicted octanol–water partition coefficient (Wildman–Crippen LogP) is 3.67. The minimum Gasteiger partial charge on any atom is -0.484 e. The number of hydrogen-bond acceptors (Lipinski definition) is 3. The van der Waals surface area contributed by atoms with E-state index in [1.807, 2.05) is 79.7 Å². The molecule has 1 unspecified atom stereocenters. The molecule has 4 heteroatoms. The predicted molar refractivity (Wildman–Crippen MR) is 97.3 cm³/mol. The molecule has 1 amide bonds. The van der Waals surface area contributed by atoms with Gasteiger partial charge in [-0.25, -0.2) is 0 Å². The number of ether oxygens (including phenoxy) is 1. The van der Waals surface area contributed by atoms with Crippen LogP contribution in [0.2, 0.25) is 0 Å². The lowest BCUT2D eigenvalue weighted by Crippen LogP contribution is -2.33. The van der Waals surface area contributed by atoms with Gasteiger partial charge in [-0.05, 0) is 36.2 Å². The standard InChI is InChI=1S/C21H20N2O2/c1-16-9-5-6-13-19(16)25-15-20(24)23-21(17-10-3-2-4-11-17)18-12-7-8-14-22-18/h2-14,21H,15H2,1H3,(H,23,24). The molecule has 0 radical (unpaired) electrons. The first-order chi connectivity index (χ1) is 12.2. The monoisotopic (exact) mass is 332 g/mol. The first kappa shape index (κ1) is 16.7. The number of carbonyl (C=O) groups is 1. The number of carbonyl (C=O) groups excluding carboxylic acids is 1. The van der Waals surface area contributed by atoms with Crippen LogP contribution < -0.4 is 10.1 Å². The van der Waals surface area contributed by atoms with Gasteiger partial charge in [0.15, 0.2) is 6.61 Å². The van der Waals surface area contributed by atoms with Crippen molar-refractivity contribution in [3.63, 3.8) is 0 Å². The van der Waals surface area contributed by atoms with E-state index in [2.05, 4.69) is 10.3 Å². The van der Waals surface area contributed by atoms with Gasteiger partial charge in [-0.15, -0.1) is 0 Å². The number of nitrogens with one attached hydrogen (secondary N) is 1. The molecule has 2 aromatic carbocycles. The van der Waals surface area contributed by atoms with E-state index in [1.165, 1.54) is 0 Å². The van der Waals surface area contributed by atoms with Crippen molar-refractivity contribution >= 4 is 5.91 Å². The fourth-order valence-electron chi connectivity index (χ4n) is 2.58. The van der Waals surface area contributed by atoms with Gasteiger partial charge in [-0.1, -0.05) is 54.6 Å². The zero-order valence-corrected chi connectivity index (χ0v) is 14.1. The summed E-state index contributed by atoms with van der Waals surface area (Å²) in [6, 6.07) is 22.8. The Balaban J connectivity index is 1.72. The first-order valence-corrected chi connectivity index (χ1v) is 8.18. The highest BCUT2D eigenvalue weighted by atomic mass is 16.5. The molecule has 0 bridgehead atoms. The Kier molecular flexibility index (Phi) is 5.42. The molecule has 0 aliphatic carbocycles. The van der Waals surface area contributed by atoms with Crippen LogP contribution in [0.15, 0.2) is 79.0 Å². The molecular weight excluding hydrogens is 312 g/mol. The van der Waals surface area contributed by atoms with Crippen molar-refractivity contribution < 1.29 is 9.53 Å². The van der Waals surface area contributed by atoms with E-state index in [-0.39, 0.29) is 18.6 Å². The summed E-state index contributed by atoms with van der Waals surface area (Å²) >= 11 is 0. The molecule has 1 aromatic heterocycles. The first-order valence-electron chi connectivity index (χ1n) is 8.18. The molecule has 3 rings (SSSR count). The molecule has 1 N–H and O–H groups in total. The molecule has 126 valence electrons. The largest absolute Gasteiger partial charge is 0.484 e. The van der Waals surface area contributed by atoms with Crippen molar-refractivity contribution in [3.8, 4) is 5.75 Å². The van der Waals surface area contributed by atoms with Crippen molar-refractivity contribution in [3.05, 3.63) is 95.8 Å². The molecule has 3 aromatic rings. The van der Waals surface area contributed by atoms with E-state index in [0.717, 1.165) is 16.8 Å². The number of nitrogens with zero attached hydrogens (tertiary/aromatic N) is 1. The highest BCUT2D eigenvalue weighted by Gasteiger charge is 2.18. The summed E-state index contributed by atoms with van der Waals surface area (Å²) in [7, 11) is 0. The number of amides is 1. The summed E-state index contributed by atoms with van der Waals surface area (Å²) in [5.74, 6) is 0.523. The molecule has 0 fully saturated rings. The number of para-hydroxylation sites is 1. The molecule has 25 heavy (non-hydrogen) atoms. The Morgan fingerprint density at radius 3 is 2.44 bits per heavy atom. The molecular formula is C21H20N2O2. The van der Waals surface area contributed by atoms with Crippen LogP contribution in [0.1, 0.15) is 22.9 Å². The molecule has 0 spiro atoms. The van der Waals surface area contributed by atoms with E-state index in [1.54, 1.807) is 6.20 Å². The Hall–Kier alpha value is -3.14. The average Bonchev–Trinajstić information content (AvgIpc) is 2.67. The third kappa shape index (κ3) is 4.44. The Morgan fingerprint density at radius 2 is 1.72 bits per heavy atom. The Bertz CT molecular complexity index is 780. The molecule has 0 aliphatic rings. The van der Waals surface area contributed by atoms with Gasteiger partial charge in [0.25, 0.3) is 5.91 Å². The van der Waals surface area contributed by atoms with Crippen LogP contribution in [0.4, 0.5) is 0 Å². The van der Waals surface area contributed by atoms with Gasteiger partial charge in [0, 0.05) is 6.20 Å². The molecule has 4 nitrogen and oxygen atoms in total. The van der Waals surface area contributed by atoms with Crippen LogP contribution in [-0.2, 0) is 4.79 Å². The lowest BCUT2D eigenvalue weighted by molar-refractivity contribution is -0.123. The summed E-state index contributed by atoms with van der Waals surface area (Å²) in [4.78, 5) is 16.8. The summed E-state index contributed by atoms with van der Waals surface area (Å²) in [6.07, 6.45) is 1.72. The van der Waals surface area contributed by atoms with Crippen LogP contribution in [0.5, 0.6) is 5.75 Å². The number of rotatable bonds is 6. The van der Waals surface area contributed by atoms with Crippen molar-refractivity contribution in [1.82, 2.24) is 10.3 Å². The third-order valence-corrected chi connectivity index (χ3v) is 3.87. The van der Waals surface area contributed by atoms with E-state index in [9.17, 15) is 4.79 Å². The zero-order chi connectivity index (χ0) is 17.5. The van der Waals surface area contributed by atoms with Crippen molar-refractivity contribution in [2.75, 3.05) is 6.61 Å². The average molecular weight is 332 g/mol. The van der Waals surface area contributed by atoms with Crippen LogP contribution >= 0.6 is 0 Å². The van der Waals surface area contributed by atoms with Gasteiger partial charge >= 0.3 is 0 Å². The highest BCUT2D eigenvalue weighted by Crippen LogP contribution is 2.20. The molecule has 1 heterocycles. The molecule has 0 saturated heterocycles. The second kappa shape index (κ2) is 8.11. The Labute approximate surface area is 147 Å². The van der Waals surface area contributed by atoms with Gasteiger partial charge < -0.3 is 10.1 Å². The SMILES string of the molecule is Cc1ccccc1OCC(=O)NC(c1ccccc1)c1ccccn1. The highest BCUT2D eigenvalue weighted by molar-refractivity contribution is 5.78. The summed E-state index contributed by atoms with van der Waals surface area (Å²) in [6.45, 7) is 1.91. The minimum atomic E-state index is -0.310. The quantitative estimate of drug-likeness (QED) is 0.749. The van der Waals surface area contributed by atoms with E-state index < -0.39 is 0 Å². The normalized spacial score (nSPS) is 11.6. The maximum atomic E-state index is 12.4. The second-order valence-corrected chi connectivity index (χ2v) is 5.72. The zero-order valence-electron chi connectivity index (χ0n) is 14.1. The van der Waals surface area contributed by atoms with Gasteiger partial charge in [-0.2, -0.15) is 0 Å². The Morgan fingerprint density at radius 1 is 1.00 bits per heavy atom.